The number of hydrogen-bond acceptors (Lipinski definition) is 2. The first-order valence-corrected chi connectivity index (χ1v) is 5.35. The second kappa shape index (κ2) is 2.51. The molecule has 11 heavy (non-hydrogen) atoms. The molecule has 2 atom stereocenters. The van der Waals surface area contributed by atoms with Crippen LogP contribution in [0.15, 0.2) is 0 Å². The highest BCUT2D eigenvalue weighted by atomic mass is 32.2. The Labute approximate surface area is 71.9 Å². The lowest BCUT2D eigenvalue weighted by atomic mass is 9.78. The first-order chi connectivity index (χ1) is 5.21. The van der Waals surface area contributed by atoms with Crippen molar-refractivity contribution in [3.05, 3.63) is 0 Å². The molecular weight excluding hydrogens is 156 g/mol. The summed E-state index contributed by atoms with van der Waals surface area (Å²) >= 11 is 2.08. The van der Waals surface area contributed by atoms with Crippen molar-refractivity contribution in [2.45, 2.75) is 37.4 Å². The maximum atomic E-state index is 11.1. The van der Waals surface area contributed by atoms with Gasteiger partial charge in [-0.1, -0.05) is 6.92 Å². The Kier molecular flexibility index (Phi) is 1.75. The Morgan fingerprint density at radius 3 is 3.27 bits per heavy atom. The predicted octanol–water partition coefficient (Wildman–Crippen LogP) is 2.25. The molecule has 1 saturated carbocycles. The summed E-state index contributed by atoms with van der Waals surface area (Å²) in [5, 5.41) is 0. The van der Waals surface area contributed by atoms with Gasteiger partial charge >= 0.3 is 0 Å². The van der Waals surface area contributed by atoms with Crippen LogP contribution in [0.25, 0.3) is 0 Å². The van der Waals surface area contributed by atoms with Crippen LogP contribution in [-0.4, -0.2) is 16.3 Å². The molecule has 0 unspecified atom stereocenters. The largest absolute Gasteiger partial charge is 0.300 e. The van der Waals surface area contributed by atoms with Gasteiger partial charge in [0.1, 0.15) is 5.78 Å². The van der Waals surface area contributed by atoms with Crippen LogP contribution in [0.1, 0.15) is 32.6 Å². The van der Waals surface area contributed by atoms with Crippen molar-refractivity contribution >= 4 is 17.5 Å². The fraction of sp³-hybridized carbons (Fsp3) is 0.889. The molecule has 1 saturated heterocycles. The highest BCUT2D eigenvalue weighted by molar-refractivity contribution is 8.00. The molecule has 0 aromatic carbocycles. The van der Waals surface area contributed by atoms with Gasteiger partial charge in [-0.05, 0) is 24.5 Å². The highest BCUT2D eigenvalue weighted by Crippen LogP contribution is 2.50. The minimum absolute atomic E-state index is 0.466. The van der Waals surface area contributed by atoms with E-state index in [4.69, 9.17) is 0 Å². The van der Waals surface area contributed by atoms with Gasteiger partial charge in [-0.15, -0.1) is 0 Å². The van der Waals surface area contributed by atoms with Crippen molar-refractivity contribution in [3.8, 4) is 0 Å². The van der Waals surface area contributed by atoms with Crippen molar-refractivity contribution < 1.29 is 4.79 Å². The molecule has 0 aromatic rings. The predicted molar refractivity (Wildman–Crippen MR) is 47.8 cm³/mol. The molecule has 0 amide bonds. The Hall–Kier alpha value is 0.0200. The number of hydrogen-bond donors (Lipinski definition) is 0. The van der Waals surface area contributed by atoms with E-state index in [1.807, 2.05) is 0 Å². The summed E-state index contributed by atoms with van der Waals surface area (Å²) in [6.07, 6.45) is 4.09. The average molecular weight is 170 g/mol. The van der Waals surface area contributed by atoms with E-state index in [1.54, 1.807) is 0 Å². The Morgan fingerprint density at radius 1 is 1.64 bits per heavy atom. The van der Waals surface area contributed by atoms with Gasteiger partial charge in [0.15, 0.2) is 0 Å². The lowest BCUT2D eigenvalue weighted by molar-refractivity contribution is -0.121. The van der Waals surface area contributed by atoms with Crippen LogP contribution < -0.4 is 0 Å². The SMILES string of the molecule is C[C@]12CCC(=O)C[C@H]1CCS2. The fourth-order valence-corrected chi connectivity index (χ4v) is 3.77. The molecule has 2 fully saturated rings. The third-order valence-electron chi connectivity index (χ3n) is 3.14. The molecule has 1 aliphatic carbocycles. The normalized spacial score (nSPS) is 44.1. The average Bonchev–Trinajstić information content (AvgIpc) is 2.31. The molecule has 0 bridgehead atoms. The van der Waals surface area contributed by atoms with E-state index in [1.165, 1.54) is 12.2 Å². The van der Waals surface area contributed by atoms with E-state index in [2.05, 4.69) is 18.7 Å². The Morgan fingerprint density at radius 2 is 2.45 bits per heavy atom. The fourth-order valence-electron chi connectivity index (χ4n) is 2.22. The molecule has 2 heteroatoms. The molecule has 0 aromatic heterocycles. The van der Waals surface area contributed by atoms with E-state index in [-0.39, 0.29) is 0 Å². The van der Waals surface area contributed by atoms with E-state index in [0.717, 1.165) is 19.3 Å². The Balaban J connectivity index is 2.14. The molecule has 1 heterocycles. The number of Topliss-reactive ketones (excluding diaryl/α,β-unsaturated/α-hetero) is 1. The van der Waals surface area contributed by atoms with Crippen molar-refractivity contribution in [2.75, 3.05) is 5.75 Å². The maximum Gasteiger partial charge on any atom is 0.133 e. The monoisotopic (exact) mass is 170 g/mol. The molecule has 0 spiro atoms. The standard InChI is InChI=1S/C9H14OS/c1-9-4-2-8(10)6-7(9)3-5-11-9/h7H,2-6H2,1H3/t7-,9+/m1/s1. The van der Waals surface area contributed by atoms with Crippen LogP contribution >= 0.6 is 11.8 Å². The maximum absolute atomic E-state index is 11.1. The molecule has 1 aliphatic heterocycles. The van der Waals surface area contributed by atoms with E-state index < -0.39 is 0 Å². The summed E-state index contributed by atoms with van der Waals surface area (Å²) in [6.45, 7) is 2.34. The van der Waals surface area contributed by atoms with Gasteiger partial charge in [-0.25, -0.2) is 0 Å². The van der Waals surface area contributed by atoms with Crippen LogP contribution in [0.5, 0.6) is 0 Å². The van der Waals surface area contributed by atoms with Gasteiger partial charge in [-0.3, -0.25) is 4.79 Å². The third-order valence-corrected chi connectivity index (χ3v) is 4.77. The van der Waals surface area contributed by atoms with Gasteiger partial charge in [0.2, 0.25) is 0 Å². The summed E-state index contributed by atoms with van der Waals surface area (Å²) < 4.78 is 0.466. The molecule has 1 nitrogen and oxygen atoms in total. The topological polar surface area (TPSA) is 17.1 Å². The van der Waals surface area contributed by atoms with Crippen LogP contribution in [0.4, 0.5) is 0 Å². The van der Waals surface area contributed by atoms with Gasteiger partial charge in [0.05, 0.1) is 0 Å². The minimum atomic E-state index is 0.466. The molecule has 0 N–H and O–H groups in total. The quantitative estimate of drug-likeness (QED) is 0.554. The molecular formula is C9H14OS. The zero-order valence-electron chi connectivity index (χ0n) is 6.93. The van der Waals surface area contributed by atoms with Gasteiger partial charge in [0, 0.05) is 17.6 Å². The van der Waals surface area contributed by atoms with E-state index in [9.17, 15) is 4.79 Å². The molecule has 2 rings (SSSR count). The number of ketones is 1. The molecule has 62 valence electrons. The zero-order valence-corrected chi connectivity index (χ0v) is 7.75. The van der Waals surface area contributed by atoms with E-state index in [0.29, 0.717) is 16.4 Å². The van der Waals surface area contributed by atoms with Gasteiger partial charge < -0.3 is 0 Å². The summed E-state index contributed by atoms with van der Waals surface area (Å²) in [6, 6.07) is 0. The second-order valence-electron chi connectivity index (χ2n) is 3.89. The third kappa shape index (κ3) is 1.22. The highest BCUT2D eigenvalue weighted by Gasteiger charge is 2.43. The van der Waals surface area contributed by atoms with Crippen molar-refractivity contribution in [3.63, 3.8) is 0 Å². The van der Waals surface area contributed by atoms with Crippen LogP contribution in [-0.2, 0) is 4.79 Å². The molecule has 0 radical (unpaired) electrons. The number of fused-ring (bicyclic) bond motifs is 1. The van der Waals surface area contributed by atoms with E-state index >= 15 is 0 Å². The number of rotatable bonds is 0. The van der Waals surface area contributed by atoms with Gasteiger partial charge in [0.25, 0.3) is 0 Å². The summed E-state index contributed by atoms with van der Waals surface area (Å²) in [5.41, 5.74) is 0. The first-order valence-electron chi connectivity index (χ1n) is 4.36. The van der Waals surface area contributed by atoms with Crippen LogP contribution in [0.3, 0.4) is 0 Å². The second-order valence-corrected chi connectivity index (χ2v) is 5.52. The van der Waals surface area contributed by atoms with Crippen molar-refractivity contribution in [1.29, 1.82) is 0 Å². The summed E-state index contributed by atoms with van der Waals surface area (Å²) in [7, 11) is 0. The van der Waals surface area contributed by atoms with Crippen LogP contribution in [0, 0.1) is 5.92 Å². The summed E-state index contributed by atoms with van der Waals surface area (Å²) in [4.78, 5) is 11.1. The van der Waals surface area contributed by atoms with Crippen molar-refractivity contribution in [1.82, 2.24) is 0 Å². The van der Waals surface area contributed by atoms with Gasteiger partial charge in [-0.2, -0.15) is 11.8 Å². The number of carbonyl (C=O) groups is 1. The Bertz CT molecular complexity index is 190. The number of thioether (sulfide) groups is 1. The lowest BCUT2D eigenvalue weighted by Crippen LogP contribution is -2.33. The molecule has 2 aliphatic rings. The first kappa shape index (κ1) is 7.66. The lowest BCUT2D eigenvalue weighted by Gasteiger charge is -2.34. The van der Waals surface area contributed by atoms with Crippen molar-refractivity contribution in [2.24, 2.45) is 5.92 Å². The summed E-state index contributed by atoms with van der Waals surface area (Å²) in [5.74, 6) is 2.47. The smallest absolute Gasteiger partial charge is 0.133 e. The van der Waals surface area contributed by atoms with Crippen LogP contribution in [0.2, 0.25) is 0 Å². The minimum Gasteiger partial charge on any atom is -0.300 e. The number of carbonyl (C=O) groups excluding carboxylic acids is 1. The zero-order chi connectivity index (χ0) is 7.90.